The molecule has 0 aromatic carbocycles. The van der Waals surface area contributed by atoms with Crippen molar-refractivity contribution in [1.82, 2.24) is 5.32 Å². The molecule has 1 aliphatic rings. The van der Waals surface area contributed by atoms with Crippen LogP contribution in [0.3, 0.4) is 0 Å². The molecular weight excluding hydrogens is 410 g/mol. The summed E-state index contributed by atoms with van der Waals surface area (Å²) in [7, 11) is 1.59. The number of hydrogen-bond acceptors (Lipinski definition) is 8. The normalized spacial score (nSPS) is 21.2. The average Bonchev–Trinajstić information content (AvgIpc) is 3.28. The summed E-state index contributed by atoms with van der Waals surface area (Å²) in [6, 6.07) is 2.07. The van der Waals surface area contributed by atoms with Crippen molar-refractivity contribution in [2.45, 2.75) is 25.6 Å². The molecule has 0 aliphatic carbocycles. The molecule has 0 radical (unpaired) electrons. The molecule has 0 fully saturated rings. The molecule has 30 heavy (non-hydrogen) atoms. The number of nitrogens with one attached hydrogen (secondary N) is 1. The van der Waals surface area contributed by atoms with E-state index in [4.69, 9.17) is 28.8 Å². The first-order valence-corrected chi connectivity index (χ1v) is 11.2. The Hall–Kier alpha value is -1.49. The van der Waals surface area contributed by atoms with Gasteiger partial charge in [-0.25, -0.2) is 0 Å². The van der Waals surface area contributed by atoms with Gasteiger partial charge in [0.15, 0.2) is 5.76 Å². The maximum atomic E-state index is 12.6. The summed E-state index contributed by atoms with van der Waals surface area (Å²) in [5.74, 6) is -0.00422. The van der Waals surface area contributed by atoms with Gasteiger partial charge < -0.3 is 34.1 Å². The van der Waals surface area contributed by atoms with Gasteiger partial charge in [-0.3, -0.25) is 4.79 Å². The zero-order valence-electron chi connectivity index (χ0n) is 17.7. The second-order valence-corrected chi connectivity index (χ2v) is 7.48. The van der Waals surface area contributed by atoms with Gasteiger partial charge in [0.25, 0.3) is 5.91 Å². The molecule has 2 heterocycles. The second kappa shape index (κ2) is 14.5. The maximum absolute atomic E-state index is 12.6. The molecule has 2 N–H and O–H groups in total. The zero-order chi connectivity index (χ0) is 21.6. The number of thiophene rings is 1. The molecule has 0 saturated heterocycles. The number of allylic oxidation sites excluding steroid dienone is 1. The molecule has 2 rings (SSSR count). The van der Waals surface area contributed by atoms with Crippen LogP contribution in [0.2, 0.25) is 0 Å². The molecule has 0 bridgehead atoms. The van der Waals surface area contributed by atoms with E-state index >= 15 is 0 Å². The van der Waals surface area contributed by atoms with Crippen molar-refractivity contribution in [2.24, 2.45) is 5.92 Å². The van der Waals surface area contributed by atoms with E-state index in [0.717, 1.165) is 5.56 Å². The van der Waals surface area contributed by atoms with Crippen molar-refractivity contribution in [1.29, 1.82) is 0 Å². The largest absolute Gasteiger partial charge is 0.459 e. The van der Waals surface area contributed by atoms with Crippen molar-refractivity contribution < 1.29 is 33.6 Å². The van der Waals surface area contributed by atoms with E-state index in [9.17, 15) is 4.79 Å². The molecule has 0 unspecified atom stereocenters. The first kappa shape index (κ1) is 24.8. The van der Waals surface area contributed by atoms with Gasteiger partial charge >= 0.3 is 0 Å². The van der Waals surface area contributed by atoms with E-state index in [-0.39, 0.29) is 30.1 Å². The quantitative estimate of drug-likeness (QED) is 0.400. The topological polar surface area (TPSA) is 95.5 Å². The highest BCUT2D eigenvalue weighted by Gasteiger charge is 2.38. The van der Waals surface area contributed by atoms with Crippen molar-refractivity contribution in [3.8, 4) is 0 Å². The fraction of sp³-hybridized carbons (Fsp3) is 0.667. The summed E-state index contributed by atoms with van der Waals surface area (Å²) in [5, 5.41) is 15.6. The molecule has 9 heteroatoms. The Morgan fingerprint density at radius 3 is 2.70 bits per heavy atom. The molecule has 1 aliphatic heterocycles. The van der Waals surface area contributed by atoms with Crippen molar-refractivity contribution in [2.75, 3.05) is 59.9 Å². The van der Waals surface area contributed by atoms with Crippen molar-refractivity contribution in [3.63, 3.8) is 0 Å². The fourth-order valence-electron chi connectivity index (χ4n) is 3.24. The van der Waals surface area contributed by atoms with Crippen LogP contribution >= 0.6 is 11.3 Å². The third kappa shape index (κ3) is 7.98. The molecule has 3 atom stereocenters. The summed E-state index contributed by atoms with van der Waals surface area (Å²) in [5.41, 5.74) is 1.13. The van der Waals surface area contributed by atoms with Gasteiger partial charge in [0, 0.05) is 38.7 Å². The first-order valence-electron chi connectivity index (χ1n) is 10.3. The van der Waals surface area contributed by atoms with E-state index in [2.05, 4.69) is 16.8 Å². The van der Waals surface area contributed by atoms with Crippen LogP contribution in [0.25, 0.3) is 0 Å². The lowest BCUT2D eigenvalue weighted by atomic mass is 9.82. The summed E-state index contributed by atoms with van der Waals surface area (Å²) in [6.07, 6.45) is 2.05. The van der Waals surface area contributed by atoms with Crippen LogP contribution in [0.15, 0.2) is 28.7 Å². The Morgan fingerprint density at radius 2 is 2.03 bits per heavy atom. The molecule has 1 amide bonds. The number of carbonyl (C=O) groups excluding carboxylic acids is 1. The second-order valence-electron chi connectivity index (χ2n) is 6.70. The zero-order valence-corrected chi connectivity index (χ0v) is 18.5. The van der Waals surface area contributed by atoms with Crippen molar-refractivity contribution >= 4 is 17.2 Å². The van der Waals surface area contributed by atoms with Gasteiger partial charge in [-0.05, 0) is 41.8 Å². The molecule has 170 valence electrons. The van der Waals surface area contributed by atoms with Crippen LogP contribution in [-0.4, -0.2) is 77.2 Å². The average molecular weight is 444 g/mol. The highest BCUT2D eigenvalue weighted by molar-refractivity contribution is 7.08. The van der Waals surface area contributed by atoms with Gasteiger partial charge in [-0.15, -0.1) is 0 Å². The van der Waals surface area contributed by atoms with E-state index < -0.39 is 6.29 Å². The van der Waals surface area contributed by atoms with E-state index in [1.807, 2.05) is 18.4 Å². The Labute approximate surface area is 182 Å². The standard InChI is InChI=1S/C21H33NO7S/c1-3-28-21-17(4-8-26-11-12-27-10-7-23)18(16-5-13-30-15-16)14-19(29-21)20(24)22-6-9-25-2/h5,13-15,17-18,21,23H,3-4,6-12H2,1-2H3,(H,22,24)/t17-,18+,21+/m0/s1. The van der Waals surface area contributed by atoms with E-state index in [0.29, 0.717) is 52.6 Å². The third-order valence-corrected chi connectivity index (χ3v) is 5.36. The summed E-state index contributed by atoms with van der Waals surface area (Å²) in [6.45, 7) is 4.96. The minimum atomic E-state index is -0.540. The number of hydrogen-bond donors (Lipinski definition) is 2. The summed E-state index contributed by atoms with van der Waals surface area (Å²) >= 11 is 1.62. The SMILES string of the molecule is CCO[C@@H]1OC(C(=O)NCCOC)=C[C@H](c2ccsc2)[C@@H]1CCOCCOCCO. The number of amides is 1. The molecular formula is C21H33NO7S. The van der Waals surface area contributed by atoms with Gasteiger partial charge in [-0.2, -0.15) is 11.3 Å². The predicted octanol–water partition coefficient (Wildman–Crippen LogP) is 1.90. The fourth-order valence-corrected chi connectivity index (χ4v) is 3.95. The Kier molecular flexibility index (Phi) is 12.0. The molecule has 1 aromatic heterocycles. The summed E-state index contributed by atoms with van der Waals surface area (Å²) < 4.78 is 27.7. The predicted molar refractivity (Wildman–Crippen MR) is 113 cm³/mol. The lowest BCUT2D eigenvalue weighted by Gasteiger charge is -2.36. The number of carbonyl (C=O) groups is 1. The molecule has 1 aromatic rings. The van der Waals surface area contributed by atoms with E-state index in [1.165, 1.54) is 0 Å². The maximum Gasteiger partial charge on any atom is 0.286 e. The molecule has 0 saturated carbocycles. The highest BCUT2D eigenvalue weighted by atomic mass is 32.1. The van der Waals surface area contributed by atoms with Crippen LogP contribution in [0, 0.1) is 5.92 Å². The lowest BCUT2D eigenvalue weighted by molar-refractivity contribution is -0.168. The Balaban J connectivity index is 2.05. The molecule has 0 spiro atoms. The van der Waals surface area contributed by atoms with Crippen LogP contribution in [0.5, 0.6) is 0 Å². The van der Waals surface area contributed by atoms with E-state index in [1.54, 1.807) is 18.4 Å². The number of aliphatic hydroxyl groups excluding tert-OH is 1. The van der Waals surface area contributed by atoms with Crippen LogP contribution < -0.4 is 5.32 Å². The van der Waals surface area contributed by atoms with Crippen LogP contribution in [0.1, 0.15) is 24.8 Å². The number of ether oxygens (including phenoxy) is 5. The van der Waals surface area contributed by atoms with Crippen LogP contribution in [-0.2, 0) is 28.5 Å². The molecule has 8 nitrogen and oxygen atoms in total. The Morgan fingerprint density at radius 1 is 1.23 bits per heavy atom. The number of aliphatic hydroxyl groups is 1. The van der Waals surface area contributed by atoms with Gasteiger partial charge in [0.1, 0.15) is 0 Å². The minimum absolute atomic E-state index is 0.00544. The lowest BCUT2D eigenvalue weighted by Crippen LogP contribution is -2.39. The summed E-state index contributed by atoms with van der Waals surface area (Å²) in [4.78, 5) is 12.6. The highest BCUT2D eigenvalue weighted by Crippen LogP contribution is 2.39. The monoisotopic (exact) mass is 443 g/mol. The third-order valence-electron chi connectivity index (χ3n) is 4.66. The van der Waals surface area contributed by atoms with Gasteiger partial charge in [0.05, 0.1) is 33.0 Å². The first-order chi connectivity index (χ1) is 14.7. The Bertz CT molecular complexity index is 623. The van der Waals surface area contributed by atoms with Crippen LogP contribution in [0.4, 0.5) is 0 Å². The smallest absolute Gasteiger partial charge is 0.286 e. The van der Waals surface area contributed by atoms with Gasteiger partial charge in [-0.1, -0.05) is 0 Å². The van der Waals surface area contributed by atoms with Crippen molar-refractivity contribution in [3.05, 3.63) is 34.2 Å². The van der Waals surface area contributed by atoms with Gasteiger partial charge in [0.2, 0.25) is 6.29 Å². The number of methoxy groups -OCH3 is 1. The minimum Gasteiger partial charge on any atom is -0.459 e. The number of rotatable bonds is 15.